The average molecular weight is 368 g/mol. The van der Waals surface area contributed by atoms with Gasteiger partial charge in [0.1, 0.15) is 15.6 Å². The van der Waals surface area contributed by atoms with Gasteiger partial charge in [-0.1, -0.05) is 6.07 Å². The van der Waals surface area contributed by atoms with Crippen molar-refractivity contribution in [3.8, 4) is 10.7 Å². The van der Waals surface area contributed by atoms with E-state index in [2.05, 4.69) is 26.3 Å². The quantitative estimate of drug-likeness (QED) is 0.671. The lowest BCUT2D eigenvalue weighted by molar-refractivity contribution is 0.0531. The zero-order valence-electron chi connectivity index (χ0n) is 15.2. The molecule has 1 N–H and O–H groups in total. The van der Waals surface area contributed by atoms with Gasteiger partial charge in [-0.25, -0.2) is 19.7 Å². The molecule has 0 spiro atoms. The Balaban J connectivity index is 1.88. The van der Waals surface area contributed by atoms with Gasteiger partial charge in [0.25, 0.3) is 0 Å². The topological polar surface area (TPSA) is 77.0 Å². The zero-order valence-corrected chi connectivity index (χ0v) is 16.0. The molecule has 0 bridgehead atoms. The van der Waals surface area contributed by atoms with Crippen LogP contribution < -0.4 is 5.32 Å². The Morgan fingerprint density at radius 3 is 2.58 bits per heavy atom. The summed E-state index contributed by atoms with van der Waals surface area (Å²) < 4.78 is 5.07. The van der Waals surface area contributed by atoms with Gasteiger partial charge in [0.15, 0.2) is 0 Å². The molecule has 26 heavy (non-hydrogen) atoms. The molecular weight excluding hydrogens is 348 g/mol. The summed E-state index contributed by atoms with van der Waals surface area (Å²) in [5.41, 5.74) is 4.57. The molecule has 0 aliphatic heterocycles. The second kappa shape index (κ2) is 7.61. The van der Waals surface area contributed by atoms with E-state index in [-0.39, 0.29) is 5.97 Å². The highest BCUT2D eigenvalue weighted by Gasteiger charge is 2.18. The highest BCUT2D eigenvalue weighted by molar-refractivity contribution is 7.17. The maximum atomic E-state index is 12.0. The van der Waals surface area contributed by atoms with Crippen LogP contribution in [0, 0.1) is 20.8 Å². The Kier molecular flexibility index (Phi) is 5.27. The van der Waals surface area contributed by atoms with Crippen molar-refractivity contribution < 1.29 is 9.53 Å². The highest BCUT2D eigenvalue weighted by atomic mass is 32.1. The molecule has 0 aliphatic carbocycles. The van der Waals surface area contributed by atoms with Crippen molar-refractivity contribution in [1.82, 2.24) is 15.0 Å². The number of aryl methyl sites for hydroxylation is 3. The molecule has 1 aromatic carbocycles. The van der Waals surface area contributed by atoms with Crippen LogP contribution in [0.1, 0.15) is 33.4 Å². The van der Waals surface area contributed by atoms with Crippen LogP contribution >= 0.6 is 11.3 Å². The molecule has 0 radical (unpaired) electrons. The number of ether oxygens (including phenoxy) is 1. The first-order valence-corrected chi connectivity index (χ1v) is 9.11. The molecule has 3 rings (SSSR count). The number of thiazole rings is 1. The van der Waals surface area contributed by atoms with E-state index >= 15 is 0 Å². The van der Waals surface area contributed by atoms with E-state index in [9.17, 15) is 4.79 Å². The lowest BCUT2D eigenvalue weighted by Gasteiger charge is -2.07. The minimum atomic E-state index is -0.351. The molecule has 0 fully saturated rings. The minimum Gasteiger partial charge on any atom is -0.462 e. The van der Waals surface area contributed by atoms with E-state index in [1.165, 1.54) is 22.5 Å². The van der Waals surface area contributed by atoms with Gasteiger partial charge in [-0.3, -0.25) is 0 Å². The molecule has 0 unspecified atom stereocenters. The second-order valence-electron chi connectivity index (χ2n) is 5.92. The van der Waals surface area contributed by atoms with Crippen molar-refractivity contribution in [3.63, 3.8) is 0 Å². The summed E-state index contributed by atoms with van der Waals surface area (Å²) in [6.07, 6.45) is 1.67. The fourth-order valence-electron chi connectivity index (χ4n) is 2.61. The van der Waals surface area contributed by atoms with E-state index < -0.39 is 0 Å². The van der Waals surface area contributed by atoms with Crippen molar-refractivity contribution >= 4 is 28.9 Å². The number of anilines is 2. The van der Waals surface area contributed by atoms with E-state index in [4.69, 9.17) is 4.74 Å². The van der Waals surface area contributed by atoms with Gasteiger partial charge in [0.05, 0.1) is 12.3 Å². The lowest BCUT2D eigenvalue weighted by atomic mass is 10.1. The van der Waals surface area contributed by atoms with E-state index in [0.717, 1.165) is 5.69 Å². The van der Waals surface area contributed by atoms with Crippen LogP contribution in [-0.4, -0.2) is 27.5 Å². The highest BCUT2D eigenvalue weighted by Crippen LogP contribution is 2.28. The SMILES string of the molecule is CCOC(=O)c1sc(-c2ccnc(Nc3cc(C)cc(C)c3)n2)nc1C. The van der Waals surface area contributed by atoms with Crippen molar-refractivity contribution in [2.75, 3.05) is 11.9 Å². The molecule has 0 saturated carbocycles. The summed E-state index contributed by atoms with van der Waals surface area (Å²) >= 11 is 1.28. The number of esters is 1. The number of nitrogens with one attached hydrogen (secondary N) is 1. The summed E-state index contributed by atoms with van der Waals surface area (Å²) in [7, 11) is 0. The number of carbonyl (C=O) groups excluding carboxylic acids is 1. The van der Waals surface area contributed by atoms with E-state index in [1.807, 2.05) is 26.0 Å². The van der Waals surface area contributed by atoms with Crippen LogP contribution in [0.3, 0.4) is 0 Å². The molecule has 6 nitrogen and oxygen atoms in total. The molecule has 134 valence electrons. The summed E-state index contributed by atoms with van der Waals surface area (Å²) in [4.78, 5) is 25.8. The first-order valence-electron chi connectivity index (χ1n) is 8.29. The Bertz CT molecular complexity index is 932. The van der Waals surface area contributed by atoms with Crippen molar-refractivity contribution in [1.29, 1.82) is 0 Å². The van der Waals surface area contributed by atoms with Gasteiger partial charge in [-0.15, -0.1) is 11.3 Å². The van der Waals surface area contributed by atoms with Crippen LogP contribution in [0.25, 0.3) is 10.7 Å². The fourth-order valence-corrected chi connectivity index (χ4v) is 3.54. The van der Waals surface area contributed by atoms with Crippen LogP contribution in [0.5, 0.6) is 0 Å². The summed E-state index contributed by atoms with van der Waals surface area (Å²) in [6, 6.07) is 7.96. The maximum Gasteiger partial charge on any atom is 0.350 e. The van der Waals surface area contributed by atoms with Gasteiger partial charge in [-0.05, 0) is 57.0 Å². The predicted molar refractivity (Wildman–Crippen MR) is 103 cm³/mol. The van der Waals surface area contributed by atoms with Gasteiger partial charge < -0.3 is 10.1 Å². The smallest absolute Gasteiger partial charge is 0.350 e. The predicted octanol–water partition coefficient (Wildman–Crippen LogP) is 4.45. The van der Waals surface area contributed by atoms with Gasteiger partial charge in [-0.2, -0.15) is 0 Å². The van der Waals surface area contributed by atoms with Crippen LogP contribution in [0.2, 0.25) is 0 Å². The molecule has 0 amide bonds. The Hall–Kier alpha value is -2.80. The molecule has 3 aromatic rings. The Morgan fingerprint density at radius 1 is 1.15 bits per heavy atom. The number of aromatic nitrogens is 3. The molecule has 0 atom stereocenters. The second-order valence-corrected chi connectivity index (χ2v) is 6.92. The molecule has 2 heterocycles. The van der Waals surface area contributed by atoms with E-state index in [1.54, 1.807) is 26.1 Å². The molecule has 2 aromatic heterocycles. The minimum absolute atomic E-state index is 0.336. The van der Waals surface area contributed by atoms with Gasteiger partial charge in [0.2, 0.25) is 5.95 Å². The van der Waals surface area contributed by atoms with Crippen molar-refractivity contribution in [2.45, 2.75) is 27.7 Å². The third-order valence-corrected chi connectivity index (χ3v) is 4.77. The number of rotatable bonds is 5. The third-order valence-electron chi connectivity index (χ3n) is 3.61. The largest absolute Gasteiger partial charge is 0.462 e. The maximum absolute atomic E-state index is 12.0. The molecule has 7 heteroatoms. The lowest BCUT2D eigenvalue weighted by Crippen LogP contribution is -2.03. The van der Waals surface area contributed by atoms with Crippen molar-refractivity contribution in [2.24, 2.45) is 0 Å². The fraction of sp³-hybridized carbons (Fsp3) is 0.263. The Morgan fingerprint density at radius 2 is 1.88 bits per heavy atom. The number of nitrogens with zero attached hydrogens (tertiary/aromatic N) is 3. The number of benzene rings is 1. The molecular formula is C19H20N4O2S. The van der Waals surface area contributed by atoms with E-state index in [0.29, 0.717) is 33.8 Å². The van der Waals surface area contributed by atoms with Crippen LogP contribution in [0.15, 0.2) is 30.5 Å². The summed E-state index contributed by atoms with van der Waals surface area (Å²) in [5.74, 6) is 0.134. The third kappa shape index (κ3) is 4.05. The van der Waals surface area contributed by atoms with Crippen molar-refractivity contribution in [3.05, 3.63) is 52.2 Å². The van der Waals surface area contributed by atoms with Gasteiger partial charge in [0, 0.05) is 11.9 Å². The number of hydrogen-bond acceptors (Lipinski definition) is 7. The standard InChI is InChI=1S/C19H20N4O2S/c1-5-25-18(24)16-13(4)21-17(26-16)15-6-7-20-19(23-15)22-14-9-11(2)8-12(3)10-14/h6-10H,5H2,1-4H3,(H,20,22,23). The number of carbonyl (C=O) groups is 1. The molecule has 0 saturated heterocycles. The van der Waals surface area contributed by atoms with Crippen LogP contribution in [-0.2, 0) is 4.74 Å². The average Bonchev–Trinajstić information content (AvgIpc) is 2.96. The Labute approximate surface area is 156 Å². The first kappa shape index (κ1) is 18.0. The monoisotopic (exact) mass is 368 g/mol. The number of hydrogen-bond donors (Lipinski definition) is 1. The summed E-state index contributed by atoms with van der Waals surface area (Å²) in [5, 5.41) is 3.89. The molecule has 0 aliphatic rings. The normalized spacial score (nSPS) is 10.6. The first-order chi connectivity index (χ1) is 12.5. The zero-order chi connectivity index (χ0) is 18.7. The summed E-state index contributed by atoms with van der Waals surface area (Å²) in [6.45, 7) is 8.01. The van der Waals surface area contributed by atoms with Crippen LogP contribution in [0.4, 0.5) is 11.6 Å². The van der Waals surface area contributed by atoms with Gasteiger partial charge >= 0.3 is 5.97 Å².